The molecule has 0 aliphatic rings. The molecular formula is C11H15N5. The highest BCUT2D eigenvalue weighted by Gasteiger charge is 2.14. The topological polar surface area (TPSA) is 55.6 Å². The molecule has 2 heterocycles. The van der Waals surface area contributed by atoms with Crippen LogP contribution in [0.2, 0.25) is 0 Å². The predicted octanol–water partition coefficient (Wildman–Crippen LogP) is 0.713. The quantitative estimate of drug-likeness (QED) is 0.819. The van der Waals surface area contributed by atoms with Gasteiger partial charge in [-0.2, -0.15) is 0 Å². The van der Waals surface area contributed by atoms with E-state index in [2.05, 4.69) is 26.7 Å². The Kier molecular flexibility index (Phi) is 3.26. The van der Waals surface area contributed by atoms with Crippen molar-refractivity contribution in [2.24, 2.45) is 7.05 Å². The first-order valence-electron chi connectivity index (χ1n) is 5.22. The van der Waals surface area contributed by atoms with E-state index in [1.54, 1.807) is 17.1 Å². The van der Waals surface area contributed by atoms with E-state index in [0.29, 0.717) is 0 Å². The SMILES string of the molecule is CNC(Cc1cccnc1)c1cnnn1C. The Hall–Kier alpha value is -1.75. The van der Waals surface area contributed by atoms with E-state index in [1.807, 2.05) is 26.4 Å². The number of pyridine rings is 1. The third-order valence-electron chi connectivity index (χ3n) is 2.62. The van der Waals surface area contributed by atoms with Crippen LogP contribution in [0, 0.1) is 0 Å². The second-order valence-electron chi connectivity index (χ2n) is 3.69. The van der Waals surface area contributed by atoms with Gasteiger partial charge in [-0.1, -0.05) is 11.3 Å². The van der Waals surface area contributed by atoms with Gasteiger partial charge in [0.2, 0.25) is 0 Å². The molecule has 16 heavy (non-hydrogen) atoms. The minimum atomic E-state index is 0.212. The van der Waals surface area contributed by atoms with Crippen molar-refractivity contribution in [3.05, 3.63) is 42.0 Å². The lowest BCUT2D eigenvalue weighted by atomic mass is 10.1. The first-order chi connectivity index (χ1) is 7.81. The normalized spacial score (nSPS) is 12.6. The van der Waals surface area contributed by atoms with Gasteiger partial charge in [0.1, 0.15) is 0 Å². The largest absolute Gasteiger partial charge is 0.311 e. The van der Waals surface area contributed by atoms with Crippen LogP contribution >= 0.6 is 0 Å². The zero-order valence-electron chi connectivity index (χ0n) is 9.46. The highest BCUT2D eigenvalue weighted by molar-refractivity contribution is 5.14. The average molecular weight is 217 g/mol. The maximum absolute atomic E-state index is 4.11. The molecule has 0 aliphatic heterocycles. The van der Waals surface area contributed by atoms with Crippen molar-refractivity contribution in [2.75, 3.05) is 7.05 Å². The molecule has 0 fully saturated rings. The van der Waals surface area contributed by atoms with Crippen molar-refractivity contribution in [3.63, 3.8) is 0 Å². The summed E-state index contributed by atoms with van der Waals surface area (Å²) in [6.45, 7) is 0. The minimum Gasteiger partial charge on any atom is -0.311 e. The molecule has 1 unspecified atom stereocenters. The molecule has 0 spiro atoms. The highest BCUT2D eigenvalue weighted by Crippen LogP contribution is 2.15. The fourth-order valence-electron chi connectivity index (χ4n) is 1.72. The Morgan fingerprint density at radius 3 is 2.88 bits per heavy atom. The number of likely N-dealkylation sites (N-methyl/N-ethyl adjacent to an activating group) is 1. The van der Waals surface area contributed by atoms with E-state index in [1.165, 1.54) is 5.56 Å². The van der Waals surface area contributed by atoms with Gasteiger partial charge in [0.05, 0.1) is 17.9 Å². The van der Waals surface area contributed by atoms with E-state index in [9.17, 15) is 0 Å². The van der Waals surface area contributed by atoms with Crippen LogP contribution in [0.15, 0.2) is 30.7 Å². The summed E-state index contributed by atoms with van der Waals surface area (Å²) in [6, 6.07) is 4.23. The number of aromatic nitrogens is 4. The molecule has 0 aliphatic carbocycles. The van der Waals surface area contributed by atoms with Crippen LogP contribution in [0.3, 0.4) is 0 Å². The van der Waals surface area contributed by atoms with Gasteiger partial charge in [-0.25, -0.2) is 0 Å². The van der Waals surface area contributed by atoms with Crippen molar-refractivity contribution in [1.29, 1.82) is 0 Å². The predicted molar refractivity (Wildman–Crippen MR) is 60.7 cm³/mol. The molecule has 0 aromatic carbocycles. The molecule has 84 valence electrons. The summed E-state index contributed by atoms with van der Waals surface area (Å²) in [4.78, 5) is 4.11. The monoisotopic (exact) mass is 217 g/mol. The number of rotatable bonds is 4. The first kappa shape index (κ1) is 10.8. The van der Waals surface area contributed by atoms with Crippen molar-refractivity contribution >= 4 is 0 Å². The molecule has 1 atom stereocenters. The molecule has 0 saturated carbocycles. The van der Waals surface area contributed by atoms with Gasteiger partial charge >= 0.3 is 0 Å². The third kappa shape index (κ3) is 2.25. The fourth-order valence-corrected chi connectivity index (χ4v) is 1.72. The van der Waals surface area contributed by atoms with Gasteiger partial charge in [-0.05, 0) is 25.1 Å². The lowest BCUT2D eigenvalue weighted by Gasteiger charge is -2.15. The van der Waals surface area contributed by atoms with Crippen LogP contribution in [-0.2, 0) is 13.5 Å². The molecule has 5 heteroatoms. The Balaban J connectivity index is 2.16. The van der Waals surface area contributed by atoms with Gasteiger partial charge in [-0.15, -0.1) is 5.10 Å². The Morgan fingerprint density at radius 2 is 2.31 bits per heavy atom. The zero-order chi connectivity index (χ0) is 11.4. The molecule has 1 N–H and O–H groups in total. The van der Waals surface area contributed by atoms with Crippen LogP contribution in [0.1, 0.15) is 17.3 Å². The second kappa shape index (κ2) is 4.85. The molecule has 0 bridgehead atoms. The molecule has 2 aromatic rings. The average Bonchev–Trinajstić information content (AvgIpc) is 2.74. The number of aryl methyl sites for hydroxylation is 1. The summed E-state index contributed by atoms with van der Waals surface area (Å²) in [5.41, 5.74) is 2.27. The smallest absolute Gasteiger partial charge is 0.0756 e. The van der Waals surface area contributed by atoms with Gasteiger partial charge in [-0.3, -0.25) is 9.67 Å². The van der Waals surface area contributed by atoms with Crippen LogP contribution < -0.4 is 5.32 Å². The standard InChI is InChI=1S/C11H15N5/c1-12-10(11-8-14-15-16(11)2)6-9-4-3-5-13-7-9/h3-5,7-8,10,12H,6H2,1-2H3. The van der Waals surface area contributed by atoms with Crippen LogP contribution in [-0.4, -0.2) is 27.0 Å². The number of hydrogen-bond acceptors (Lipinski definition) is 4. The summed E-state index contributed by atoms with van der Waals surface area (Å²) in [5.74, 6) is 0. The maximum Gasteiger partial charge on any atom is 0.0756 e. The van der Waals surface area contributed by atoms with E-state index in [-0.39, 0.29) is 6.04 Å². The second-order valence-corrected chi connectivity index (χ2v) is 3.69. The summed E-state index contributed by atoms with van der Waals surface area (Å²) < 4.78 is 1.79. The van der Waals surface area contributed by atoms with Gasteiger partial charge in [0, 0.05) is 19.4 Å². The van der Waals surface area contributed by atoms with E-state index < -0.39 is 0 Å². The molecule has 2 aromatic heterocycles. The van der Waals surface area contributed by atoms with Crippen molar-refractivity contribution in [2.45, 2.75) is 12.5 Å². The van der Waals surface area contributed by atoms with Gasteiger partial charge < -0.3 is 5.32 Å². The van der Waals surface area contributed by atoms with Crippen LogP contribution in [0.25, 0.3) is 0 Å². The summed E-state index contributed by atoms with van der Waals surface area (Å²) in [7, 11) is 3.84. The van der Waals surface area contributed by atoms with Crippen LogP contribution in [0.4, 0.5) is 0 Å². The Labute approximate surface area is 94.5 Å². The fraction of sp³-hybridized carbons (Fsp3) is 0.364. The minimum absolute atomic E-state index is 0.212. The molecule has 2 rings (SSSR count). The summed E-state index contributed by atoms with van der Waals surface area (Å²) in [5, 5.41) is 11.1. The molecule has 0 saturated heterocycles. The number of nitrogens with zero attached hydrogens (tertiary/aromatic N) is 4. The van der Waals surface area contributed by atoms with E-state index in [0.717, 1.165) is 12.1 Å². The number of hydrogen-bond donors (Lipinski definition) is 1. The number of nitrogens with one attached hydrogen (secondary N) is 1. The highest BCUT2D eigenvalue weighted by atomic mass is 15.4. The van der Waals surface area contributed by atoms with Gasteiger partial charge in [0.15, 0.2) is 0 Å². The molecular weight excluding hydrogens is 202 g/mol. The van der Waals surface area contributed by atoms with Gasteiger partial charge in [0.25, 0.3) is 0 Å². The summed E-state index contributed by atoms with van der Waals surface area (Å²) >= 11 is 0. The van der Waals surface area contributed by atoms with Crippen molar-refractivity contribution in [3.8, 4) is 0 Å². The van der Waals surface area contributed by atoms with Crippen molar-refractivity contribution in [1.82, 2.24) is 25.3 Å². The zero-order valence-corrected chi connectivity index (χ0v) is 9.46. The van der Waals surface area contributed by atoms with Crippen molar-refractivity contribution < 1.29 is 0 Å². The van der Waals surface area contributed by atoms with E-state index in [4.69, 9.17) is 0 Å². The van der Waals surface area contributed by atoms with E-state index >= 15 is 0 Å². The Bertz CT molecular complexity index is 437. The first-order valence-corrected chi connectivity index (χ1v) is 5.22. The van der Waals surface area contributed by atoms with Crippen LogP contribution in [0.5, 0.6) is 0 Å². The molecule has 0 amide bonds. The molecule has 5 nitrogen and oxygen atoms in total. The Morgan fingerprint density at radius 1 is 1.44 bits per heavy atom. The third-order valence-corrected chi connectivity index (χ3v) is 2.62. The lowest BCUT2D eigenvalue weighted by molar-refractivity contribution is 0.534. The summed E-state index contributed by atoms with van der Waals surface area (Å²) in [6.07, 6.45) is 6.33. The molecule has 0 radical (unpaired) electrons. The lowest BCUT2D eigenvalue weighted by Crippen LogP contribution is -2.21. The maximum atomic E-state index is 4.11.